The smallest absolute Gasteiger partial charge is 0.339 e. The van der Waals surface area contributed by atoms with Crippen LogP contribution in [0.2, 0.25) is 5.15 Å². The van der Waals surface area contributed by atoms with Crippen molar-refractivity contribution in [3.63, 3.8) is 0 Å². The highest BCUT2D eigenvalue weighted by atomic mass is 35.5. The molecule has 0 spiro atoms. The number of fused-ring (bicyclic) bond motifs is 1. The summed E-state index contributed by atoms with van der Waals surface area (Å²) in [6, 6.07) is 5.32. The van der Waals surface area contributed by atoms with Crippen LogP contribution in [0.25, 0.3) is 10.9 Å². The van der Waals surface area contributed by atoms with Crippen LogP contribution in [-0.2, 0) is 11.3 Å². The van der Waals surface area contributed by atoms with Crippen molar-refractivity contribution in [1.29, 1.82) is 0 Å². The molecule has 0 unspecified atom stereocenters. The van der Waals surface area contributed by atoms with Gasteiger partial charge >= 0.3 is 5.97 Å². The maximum atomic E-state index is 11.4. The summed E-state index contributed by atoms with van der Waals surface area (Å²) >= 11 is 6.20. The maximum Gasteiger partial charge on any atom is 0.339 e. The van der Waals surface area contributed by atoms with Gasteiger partial charge in [0.1, 0.15) is 16.5 Å². The molecular weight excluding hydrogens is 282 g/mol. The van der Waals surface area contributed by atoms with Gasteiger partial charge in [-0.3, -0.25) is 0 Å². The second kappa shape index (κ2) is 6.15. The summed E-state index contributed by atoms with van der Waals surface area (Å²) in [6.45, 7) is 3.34. The minimum Gasteiger partial charge on any atom is -0.494 e. The lowest BCUT2D eigenvalue weighted by molar-refractivity contribution is 0.0699. The third-order valence-electron chi connectivity index (χ3n) is 3.02. The maximum absolute atomic E-state index is 11.4. The van der Waals surface area contributed by atoms with E-state index in [0.717, 1.165) is 5.52 Å². The molecule has 0 atom stereocenters. The molecule has 0 amide bonds. The molecule has 6 heteroatoms. The lowest BCUT2D eigenvalue weighted by Gasteiger charge is -2.07. The molecular formula is C14H16ClNO4. The first-order valence-corrected chi connectivity index (χ1v) is 6.64. The first-order chi connectivity index (χ1) is 9.60. The average Bonchev–Trinajstić information content (AvgIpc) is 2.68. The zero-order chi connectivity index (χ0) is 14.7. The number of carboxylic acids is 1. The Morgan fingerprint density at radius 1 is 1.45 bits per heavy atom. The van der Waals surface area contributed by atoms with Gasteiger partial charge < -0.3 is 19.1 Å². The molecule has 0 aliphatic carbocycles. The van der Waals surface area contributed by atoms with Gasteiger partial charge in [0.05, 0.1) is 18.7 Å². The highest BCUT2D eigenvalue weighted by molar-refractivity contribution is 6.35. The predicted octanol–water partition coefficient (Wildman–Crippen LogP) is 3.04. The number of hydrogen-bond acceptors (Lipinski definition) is 3. The zero-order valence-electron chi connectivity index (χ0n) is 11.4. The van der Waals surface area contributed by atoms with Crippen LogP contribution in [0.3, 0.4) is 0 Å². The molecule has 0 saturated carbocycles. The molecule has 108 valence electrons. The number of halogens is 1. The Balaban J connectivity index is 2.62. The molecule has 0 aliphatic rings. The van der Waals surface area contributed by atoms with Gasteiger partial charge in [-0.05, 0) is 25.1 Å². The van der Waals surface area contributed by atoms with Crippen molar-refractivity contribution in [1.82, 2.24) is 4.57 Å². The van der Waals surface area contributed by atoms with Gasteiger partial charge in [0.2, 0.25) is 0 Å². The molecule has 5 nitrogen and oxygen atoms in total. The van der Waals surface area contributed by atoms with Gasteiger partial charge in [0, 0.05) is 19.0 Å². The van der Waals surface area contributed by atoms with Crippen LogP contribution in [-0.4, -0.2) is 36.0 Å². The van der Waals surface area contributed by atoms with Crippen molar-refractivity contribution in [2.45, 2.75) is 13.5 Å². The summed E-state index contributed by atoms with van der Waals surface area (Å²) in [5.41, 5.74) is 0.854. The number of benzene rings is 1. The number of aromatic nitrogens is 1. The standard InChI is InChI=1S/C14H16ClNO4/c1-3-20-9-4-5-11-10(8-9)12(14(17)18)13(15)16(11)6-7-19-2/h4-5,8H,3,6-7H2,1-2H3,(H,17,18). The van der Waals surface area contributed by atoms with Crippen molar-refractivity contribution in [2.75, 3.05) is 20.3 Å². The molecule has 0 saturated heterocycles. The van der Waals surface area contributed by atoms with Crippen molar-refractivity contribution >= 4 is 28.5 Å². The van der Waals surface area contributed by atoms with Gasteiger partial charge in [-0.2, -0.15) is 0 Å². The van der Waals surface area contributed by atoms with Crippen LogP contribution in [0.15, 0.2) is 18.2 Å². The molecule has 0 aliphatic heterocycles. The molecule has 20 heavy (non-hydrogen) atoms. The Hall–Kier alpha value is -1.72. The number of aromatic carboxylic acids is 1. The van der Waals surface area contributed by atoms with E-state index in [1.54, 1.807) is 23.8 Å². The van der Waals surface area contributed by atoms with E-state index in [4.69, 9.17) is 21.1 Å². The number of nitrogens with zero attached hydrogens (tertiary/aromatic N) is 1. The fourth-order valence-electron chi connectivity index (χ4n) is 2.16. The van der Waals surface area contributed by atoms with Gasteiger partial charge in [0.25, 0.3) is 0 Å². The lowest BCUT2D eigenvalue weighted by Crippen LogP contribution is -2.05. The van der Waals surface area contributed by atoms with E-state index < -0.39 is 5.97 Å². The fourth-order valence-corrected chi connectivity index (χ4v) is 2.52. The molecule has 1 N–H and O–H groups in total. The Morgan fingerprint density at radius 2 is 2.20 bits per heavy atom. The Morgan fingerprint density at radius 3 is 2.80 bits per heavy atom. The molecule has 1 aromatic heterocycles. The van der Waals surface area contributed by atoms with Gasteiger partial charge in [-0.25, -0.2) is 4.79 Å². The van der Waals surface area contributed by atoms with Crippen LogP contribution in [0.4, 0.5) is 0 Å². The highest BCUT2D eigenvalue weighted by Gasteiger charge is 2.21. The lowest BCUT2D eigenvalue weighted by atomic mass is 10.1. The molecule has 0 radical (unpaired) electrons. The van der Waals surface area contributed by atoms with Gasteiger partial charge in [-0.1, -0.05) is 11.6 Å². The average molecular weight is 298 g/mol. The number of rotatable bonds is 6. The first kappa shape index (κ1) is 14.7. The van der Waals surface area contributed by atoms with Gasteiger partial charge in [0.15, 0.2) is 0 Å². The van der Waals surface area contributed by atoms with Crippen molar-refractivity contribution in [3.05, 3.63) is 28.9 Å². The Kier molecular flexibility index (Phi) is 4.52. The van der Waals surface area contributed by atoms with Crippen molar-refractivity contribution < 1.29 is 19.4 Å². The summed E-state index contributed by atoms with van der Waals surface area (Å²) in [5.74, 6) is -0.423. The molecule has 2 aromatic rings. The highest BCUT2D eigenvalue weighted by Crippen LogP contribution is 2.32. The minimum atomic E-state index is -1.05. The SMILES string of the molecule is CCOc1ccc2c(c1)c(C(=O)O)c(Cl)n2CCOC. The van der Waals surface area contributed by atoms with E-state index >= 15 is 0 Å². The summed E-state index contributed by atoms with van der Waals surface area (Å²) in [4.78, 5) is 11.4. The van der Waals surface area contributed by atoms with Crippen LogP contribution in [0.1, 0.15) is 17.3 Å². The van der Waals surface area contributed by atoms with Crippen LogP contribution in [0.5, 0.6) is 5.75 Å². The zero-order valence-corrected chi connectivity index (χ0v) is 12.1. The number of hydrogen-bond donors (Lipinski definition) is 1. The first-order valence-electron chi connectivity index (χ1n) is 6.27. The largest absolute Gasteiger partial charge is 0.494 e. The predicted molar refractivity (Wildman–Crippen MR) is 77.0 cm³/mol. The fraction of sp³-hybridized carbons (Fsp3) is 0.357. The van der Waals surface area contributed by atoms with E-state index in [0.29, 0.717) is 30.9 Å². The third kappa shape index (κ3) is 2.59. The van der Waals surface area contributed by atoms with E-state index in [2.05, 4.69) is 0 Å². The number of carbonyl (C=O) groups is 1. The van der Waals surface area contributed by atoms with Crippen LogP contribution >= 0.6 is 11.6 Å². The molecule has 2 rings (SSSR count). The summed E-state index contributed by atoms with van der Waals surface area (Å²) in [7, 11) is 1.59. The van der Waals surface area contributed by atoms with E-state index in [9.17, 15) is 9.90 Å². The third-order valence-corrected chi connectivity index (χ3v) is 3.41. The number of ether oxygens (including phenoxy) is 2. The second-order valence-corrected chi connectivity index (χ2v) is 4.59. The van der Waals surface area contributed by atoms with Gasteiger partial charge in [-0.15, -0.1) is 0 Å². The normalized spacial score (nSPS) is 10.9. The monoisotopic (exact) mass is 297 g/mol. The molecule has 0 bridgehead atoms. The quantitative estimate of drug-likeness (QED) is 0.890. The van der Waals surface area contributed by atoms with Crippen LogP contribution < -0.4 is 4.74 Å². The molecule has 1 aromatic carbocycles. The second-order valence-electron chi connectivity index (χ2n) is 4.23. The van der Waals surface area contributed by atoms with Crippen molar-refractivity contribution in [3.8, 4) is 5.75 Å². The Labute approximate surface area is 121 Å². The molecule has 1 heterocycles. The Bertz CT molecular complexity index is 636. The summed E-state index contributed by atoms with van der Waals surface area (Å²) < 4.78 is 12.2. The van der Waals surface area contributed by atoms with E-state index in [1.807, 2.05) is 13.0 Å². The van der Waals surface area contributed by atoms with E-state index in [1.165, 1.54) is 0 Å². The summed E-state index contributed by atoms with van der Waals surface area (Å²) in [5, 5.41) is 10.1. The minimum absolute atomic E-state index is 0.0966. The topological polar surface area (TPSA) is 60.7 Å². The number of methoxy groups -OCH3 is 1. The summed E-state index contributed by atoms with van der Waals surface area (Å²) in [6.07, 6.45) is 0. The van der Waals surface area contributed by atoms with Crippen LogP contribution in [0, 0.1) is 0 Å². The molecule has 0 fully saturated rings. The van der Waals surface area contributed by atoms with E-state index in [-0.39, 0.29) is 10.7 Å². The van der Waals surface area contributed by atoms with Crippen molar-refractivity contribution in [2.24, 2.45) is 0 Å². The number of carboxylic acid groups (broad SMARTS) is 1.